The summed E-state index contributed by atoms with van der Waals surface area (Å²) < 4.78 is 0. The van der Waals surface area contributed by atoms with E-state index in [1.165, 1.54) is 6.92 Å². The summed E-state index contributed by atoms with van der Waals surface area (Å²) in [6.07, 6.45) is 0. The standard InChI is InChI=1S/C4H6O3.Zn/c1-3(2)4(5)7-6;/h6H,1H2,2H3;. The molecule has 0 aromatic rings. The summed E-state index contributed by atoms with van der Waals surface area (Å²) in [4.78, 5) is 13.2. The van der Waals surface area contributed by atoms with Crippen molar-refractivity contribution < 1.29 is 34.4 Å². The molecule has 4 heteroatoms. The van der Waals surface area contributed by atoms with Crippen molar-refractivity contribution in [2.24, 2.45) is 0 Å². The molecule has 0 aliphatic rings. The molecule has 0 unspecified atom stereocenters. The zero-order valence-corrected chi connectivity index (χ0v) is 7.65. The maximum Gasteiger partial charge on any atom is 0.367 e. The van der Waals surface area contributed by atoms with Crippen LogP contribution in [-0.4, -0.2) is 11.2 Å². The largest absolute Gasteiger partial charge is 0.367 e. The van der Waals surface area contributed by atoms with Crippen LogP contribution in [0.5, 0.6) is 0 Å². The number of rotatable bonds is 1. The Kier molecular flexibility index (Phi) is 6.62. The molecule has 3 nitrogen and oxygen atoms in total. The molecule has 0 saturated carbocycles. The zero-order chi connectivity index (χ0) is 5.86. The van der Waals surface area contributed by atoms with Crippen molar-refractivity contribution >= 4 is 5.97 Å². The van der Waals surface area contributed by atoms with Crippen molar-refractivity contribution in [3.05, 3.63) is 12.2 Å². The second-order valence-electron chi connectivity index (χ2n) is 1.16. The van der Waals surface area contributed by atoms with E-state index in [9.17, 15) is 4.79 Å². The SMILES string of the molecule is C=C(C)C(=O)OO.[Zn]. The fourth-order valence-electron chi connectivity index (χ4n) is 0.0779. The minimum absolute atomic E-state index is 0. The molecule has 0 aliphatic heterocycles. The van der Waals surface area contributed by atoms with Crippen LogP contribution in [0.15, 0.2) is 12.2 Å². The van der Waals surface area contributed by atoms with Gasteiger partial charge < -0.3 is 0 Å². The quantitative estimate of drug-likeness (QED) is 0.269. The summed E-state index contributed by atoms with van der Waals surface area (Å²) in [5.74, 6) is -0.792. The summed E-state index contributed by atoms with van der Waals surface area (Å²) in [5.41, 5.74) is 0.183. The van der Waals surface area contributed by atoms with Gasteiger partial charge in [0.15, 0.2) is 0 Å². The van der Waals surface area contributed by atoms with Gasteiger partial charge in [-0.2, -0.15) is 5.26 Å². The zero-order valence-electron chi connectivity index (χ0n) is 4.68. The van der Waals surface area contributed by atoms with Crippen LogP contribution >= 0.6 is 0 Å². The number of carbonyl (C=O) groups excluding carboxylic acids is 1. The van der Waals surface area contributed by atoms with Crippen molar-refractivity contribution in [2.45, 2.75) is 6.92 Å². The number of hydrogen-bond donors (Lipinski definition) is 1. The van der Waals surface area contributed by atoms with Gasteiger partial charge in [0.2, 0.25) is 0 Å². The van der Waals surface area contributed by atoms with Gasteiger partial charge in [-0.1, -0.05) is 6.58 Å². The van der Waals surface area contributed by atoms with Crippen molar-refractivity contribution in [2.75, 3.05) is 0 Å². The van der Waals surface area contributed by atoms with Gasteiger partial charge in [-0.15, -0.1) is 0 Å². The minimum Gasteiger partial charge on any atom is -0.296 e. The molecule has 0 bridgehead atoms. The second-order valence-corrected chi connectivity index (χ2v) is 1.16. The molecule has 42 valence electrons. The van der Waals surface area contributed by atoms with Gasteiger partial charge in [-0.25, -0.2) is 4.79 Å². The van der Waals surface area contributed by atoms with Crippen LogP contribution in [0.1, 0.15) is 6.92 Å². The first-order valence-electron chi connectivity index (χ1n) is 1.69. The first-order chi connectivity index (χ1) is 3.18. The van der Waals surface area contributed by atoms with Gasteiger partial charge in [0.25, 0.3) is 0 Å². The van der Waals surface area contributed by atoms with Gasteiger partial charge in [0, 0.05) is 25.1 Å². The summed E-state index contributed by atoms with van der Waals surface area (Å²) in [5, 5.41) is 7.59. The third-order valence-corrected chi connectivity index (χ3v) is 0.431. The molecule has 0 spiro atoms. The van der Waals surface area contributed by atoms with E-state index >= 15 is 0 Å². The predicted molar refractivity (Wildman–Crippen MR) is 23.5 cm³/mol. The van der Waals surface area contributed by atoms with Crippen LogP contribution in [0.4, 0.5) is 0 Å². The van der Waals surface area contributed by atoms with Gasteiger partial charge in [-0.05, 0) is 6.92 Å². The third kappa shape index (κ3) is 3.97. The molecule has 0 atom stereocenters. The molecule has 0 fully saturated rings. The maximum absolute atomic E-state index is 9.94. The van der Waals surface area contributed by atoms with Gasteiger partial charge in [-0.3, -0.25) is 4.89 Å². The summed E-state index contributed by atoms with van der Waals surface area (Å²) in [7, 11) is 0. The van der Waals surface area contributed by atoms with E-state index in [0.717, 1.165) is 0 Å². The molecule has 0 radical (unpaired) electrons. The Morgan fingerprint density at radius 2 is 2.12 bits per heavy atom. The minimum atomic E-state index is -0.792. The van der Waals surface area contributed by atoms with E-state index in [0.29, 0.717) is 0 Å². The van der Waals surface area contributed by atoms with Crippen LogP contribution in [0.25, 0.3) is 0 Å². The monoisotopic (exact) mass is 166 g/mol. The average Bonchev–Trinajstić information content (AvgIpc) is 1.65. The Labute approximate surface area is 60.0 Å². The Balaban J connectivity index is 0. The third-order valence-electron chi connectivity index (χ3n) is 0.431. The Morgan fingerprint density at radius 1 is 1.75 bits per heavy atom. The van der Waals surface area contributed by atoms with Crippen LogP contribution in [0.3, 0.4) is 0 Å². The first-order valence-corrected chi connectivity index (χ1v) is 1.69. The second kappa shape index (κ2) is 4.94. The molecular formula is C4H6O3Zn. The van der Waals surface area contributed by atoms with Crippen molar-refractivity contribution in [3.63, 3.8) is 0 Å². The fraction of sp³-hybridized carbons (Fsp3) is 0.250. The van der Waals surface area contributed by atoms with Crippen molar-refractivity contribution in [1.29, 1.82) is 0 Å². The van der Waals surface area contributed by atoms with Crippen molar-refractivity contribution in [3.8, 4) is 0 Å². The van der Waals surface area contributed by atoms with E-state index in [2.05, 4.69) is 11.5 Å². The van der Waals surface area contributed by atoms with Crippen LogP contribution in [0.2, 0.25) is 0 Å². The van der Waals surface area contributed by atoms with Crippen molar-refractivity contribution in [1.82, 2.24) is 0 Å². The summed E-state index contributed by atoms with van der Waals surface area (Å²) in [6, 6.07) is 0. The fourth-order valence-corrected chi connectivity index (χ4v) is 0.0779. The van der Waals surface area contributed by atoms with Gasteiger partial charge in [0.1, 0.15) is 0 Å². The Morgan fingerprint density at radius 3 is 2.12 bits per heavy atom. The topological polar surface area (TPSA) is 46.5 Å². The molecule has 1 N–H and O–H groups in total. The molecule has 0 heterocycles. The van der Waals surface area contributed by atoms with E-state index < -0.39 is 5.97 Å². The predicted octanol–water partition coefficient (Wildman–Crippen LogP) is 0.576. The molecule has 0 saturated heterocycles. The van der Waals surface area contributed by atoms with Crippen LogP contribution in [-0.2, 0) is 29.2 Å². The first kappa shape index (κ1) is 10.7. The van der Waals surface area contributed by atoms with E-state index in [1.54, 1.807) is 0 Å². The normalized spacial score (nSPS) is 6.75. The summed E-state index contributed by atoms with van der Waals surface area (Å²) >= 11 is 0. The molecule has 0 amide bonds. The molecule has 8 heavy (non-hydrogen) atoms. The molecule has 0 rings (SSSR count). The Bertz CT molecular complexity index is 99.5. The molecular weight excluding hydrogens is 161 g/mol. The number of carbonyl (C=O) groups is 1. The molecule has 0 aromatic heterocycles. The molecule has 0 aliphatic carbocycles. The van der Waals surface area contributed by atoms with Crippen LogP contribution < -0.4 is 0 Å². The smallest absolute Gasteiger partial charge is 0.296 e. The summed E-state index contributed by atoms with van der Waals surface area (Å²) in [6.45, 7) is 4.63. The maximum atomic E-state index is 9.94. The average molecular weight is 167 g/mol. The van der Waals surface area contributed by atoms with Gasteiger partial charge >= 0.3 is 5.97 Å². The van der Waals surface area contributed by atoms with E-state index in [-0.39, 0.29) is 25.1 Å². The molecule has 0 aromatic carbocycles. The van der Waals surface area contributed by atoms with Crippen LogP contribution in [0, 0.1) is 0 Å². The Hall–Kier alpha value is -0.207. The van der Waals surface area contributed by atoms with E-state index in [4.69, 9.17) is 5.26 Å². The van der Waals surface area contributed by atoms with E-state index in [1.807, 2.05) is 0 Å². The number of hydrogen-bond acceptors (Lipinski definition) is 3. The van der Waals surface area contributed by atoms with Gasteiger partial charge in [0.05, 0.1) is 0 Å².